The van der Waals surface area contributed by atoms with Crippen LogP contribution >= 0.6 is 0 Å². The zero-order valence-electron chi connectivity index (χ0n) is 63.5. The molecule has 0 saturated carbocycles. The number of unbranched alkanes of at least 4 members (excludes halogenated alkanes) is 47. The first-order chi connectivity index (χ1) is 48.6. The quantitative estimate of drug-likeness (QED) is 0.0204. The molecule has 0 radical (unpaired) electrons. The fourth-order valence-electron chi connectivity index (χ4n) is 13.6. The van der Waals surface area contributed by atoms with Gasteiger partial charge in [0.05, 0.1) is 32.0 Å². The number of ether oxygens (including phenoxy) is 4. The summed E-state index contributed by atoms with van der Waals surface area (Å²) in [7, 11) is 0. The molecule has 2 rings (SSSR count). The summed E-state index contributed by atoms with van der Waals surface area (Å²) in [5.41, 5.74) is 0. The van der Waals surface area contributed by atoms with Crippen LogP contribution in [0.4, 0.5) is 0 Å². The Morgan fingerprint density at radius 3 is 1.11 bits per heavy atom. The first-order valence-electron chi connectivity index (χ1n) is 41.7. The van der Waals surface area contributed by atoms with E-state index < -0.39 is 86.8 Å². The summed E-state index contributed by atoms with van der Waals surface area (Å²) in [5.74, 6) is -0.244. The van der Waals surface area contributed by atoms with Gasteiger partial charge in [-0.2, -0.15) is 0 Å². The zero-order chi connectivity index (χ0) is 71.5. The lowest BCUT2D eigenvalue weighted by Crippen LogP contribution is -2.65. The van der Waals surface area contributed by atoms with Crippen molar-refractivity contribution in [2.24, 2.45) is 0 Å². The van der Waals surface area contributed by atoms with Gasteiger partial charge in [-0.25, -0.2) is 0 Å². The molecule has 0 aromatic heterocycles. The van der Waals surface area contributed by atoms with E-state index in [2.05, 4.69) is 79.9 Å². The Hall–Kier alpha value is -2.57. The SMILES string of the molecule is CC/C=C\C/C=C\C/C=C\C/C=C\CCCCCCCCCCCCCCCCCCCCCCC(=O)NC(COC1OC(CO)C(OC2OC(CO)C(O)C(O)C2O)C(O)C1O)C(O)/C=C/CC/C=C/CCCCCCCCCCCCCCCCCCCCCCCCCCCC. The van der Waals surface area contributed by atoms with Crippen LogP contribution in [0.2, 0.25) is 0 Å². The fourth-order valence-corrected chi connectivity index (χ4v) is 13.6. The van der Waals surface area contributed by atoms with Gasteiger partial charge in [0.15, 0.2) is 12.6 Å². The highest BCUT2D eigenvalue weighted by molar-refractivity contribution is 5.76. The Labute approximate surface area is 606 Å². The third kappa shape index (κ3) is 51.3. The van der Waals surface area contributed by atoms with Crippen LogP contribution in [-0.2, 0) is 23.7 Å². The van der Waals surface area contributed by atoms with Crippen LogP contribution in [0.3, 0.4) is 0 Å². The van der Waals surface area contributed by atoms with Gasteiger partial charge in [-0.05, 0) is 70.6 Å². The monoisotopic (exact) mass is 1400 g/mol. The van der Waals surface area contributed by atoms with Crippen LogP contribution in [-0.4, -0.2) is 140 Å². The number of nitrogens with one attached hydrogen (secondary N) is 1. The summed E-state index contributed by atoms with van der Waals surface area (Å²) < 4.78 is 22.9. The Kier molecular flexibility index (Phi) is 64.0. The molecule has 0 aliphatic carbocycles. The number of hydrogen-bond donors (Lipinski definition) is 9. The molecule has 14 nitrogen and oxygen atoms in total. The maximum Gasteiger partial charge on any atom is 0.220 e. The van der Waals surface area contributed by atoms with E-state index in [9.17, 15) is 45.6 Å². The van der Waals surface area contributed by atoms with Crippen molar-refractivity contribution in [1.29, 1.82) is 0 Å². The molecule has 578 valence electrons. The van der Waals surface area contributed by atoms with Crippen molar-refractivity contribution in [1.82, 2.24) is 5.32 Å². The molecule has 0 aromatic rings. The molecule has 2 fully saturated rings. The molecule has 0 aromatic carbocycles. The number of carbonyl (C=O) groups is 1. The molecule has 2 heterocycles. The van der Waals surface area contributed by atoms with E-state index in [1.54, 1.807) is 6.08 Å². The molecule has 2 aliphatic rings. The molecular formula is C85H155NO13. The molecule has 99 heavy (non-hydrogen) atoms. The highest BCUT2D eigenvalue weighted by Crippen LogP contribution is 2.30. The predicted octanol–water partition coefficient (Wildman–Crippen LogP) is 19.3. The van der Waals surface area contributed by atoms with E-state index in [0.29, 0.717) is 12.8 Å². The minimum Gasteiger partial charge on any atom is -0.394 e. The van der Waals surface area contributed by atoms with Crippen molar-refractivity contribution < 1.29 is 64.6 Å². The first-order valence-corrected chi connectivity index (χ1v) is 41.7. The maximum absolute atomic E-state index is 13.4. The molecule has 1 amide bonds. The lowest BCUT2D eigenvalue weighted by Gasteiger charge is -2.46. The molecule has 9 N–H and O–H groups in total. The van der Waals surface area contributed by atoms with Crippen molar-refractivity contribution in [3.63, 3.8) is 0 Å². The van der Waals surface area contributed by atoms with Crippen molar-refractivity contribution in [3.8, 4) is 0 Å². The molecule has 14 heteroatoms. The van der Waals surface area contributed by atoms with Crippen molar-refractivity contribution >= 4 is 5.91 Å². The highest BCUT2D eigenvalue weighted by Gasteiger charge is 2.51. The average molecular weight is 1400 g/mol. The van der Waals surface area contributed by atoms with Gasteiger partial charge in [0, 0.05) is 6.42 Å². The van der Waals surface area contributed by atoms with Crippen molar-refractivity contribution in [3.05, 3.63) is 72.9 Å². The lowest BCUT2D eigenvalue weighted by molar-refractivity contribution is -0.359. The summed E-state index contributed by atoms with van der Waals surface area (Å²) >= 11 is 0. The standard InChI is InChI=1S/C85H155NO13/c1-3-5-7-9-11-13-15-17-19-21-23-25-27-29-31-33-35-37-39-41-43-45-47-49-51-53-55-57-59-61-63-65-67-69-77(90)86-73(72-96-84-82(95)80(93)83(76(71-88)98-84)99-85-81(94)79(92)78(91)75(70-87)97-85)74(89)68-66-64-62-60-58-56-54-52-50-48-46-44-42-40-38-36-34-32-30-28-26-24-22-20-18-16-14-12-10-8-6-4-2/h5,7,11,13,17,19,23,25,58,60,66,68,73-76,78-85,87-89,91-95H,3-4,6,8-10,12,14-16,18,20-22,24,26-57,59,61-65,67,69-72H2,1-2H3,(H,86,90)/b7-5-,13-11-,19-17-,25-23-,60-58+,68-66+. The van der Waals surface area contributed by atoms with Crippen LogP contribution in [0, 0.1) is 0 Å². The van der Waals surface area contributed by atoms with Gasteiger partial charge >= 0.3 is 0 Å². The Balaban J connectivity index is 1.61. The van der Waals surface area contributed by atoms with Crippen LogP contribution in [0.1, 0.15) is 367 Å². The van der Waals surface area contributed by atoms with Gasteiger partial charge in [-0.3, -0.25) is 4.79 Å². The fraction of sp³-hybridized carbons (Fsp3) is 0.847. The Morgan fingerprint density at radius 1 is 0.374 bits per heavy atom. The van der Waals surface area contributed by atoms with Gasteiger partial charge < -0.3 is 65.1 Å². The van der Waals surface area contributed by atoms with E-state index in [0.717, 1.165) is 57.8 Å². The topological polar surface area (TPSA) is 228 Å². The summed E-state index contributed by atoms with van der Waals surface area (Å²) in [6.07, 6.45) is 78.6. The smallest absolute Gasteiger partial charge is 0.220 e. The third-order valence-corrected chi connectivity index (χ3v) is 20.1. The average Bonchev–Trinajstić information content (AvgIpc) is 0.793. The number of aliphatic hydroxyl groups is 8. The first kappa shape index (κ1) is 92.5. The van der Waals surface area contributed by atoms with E-state index in [4.69, 9.17) is 18.9 Å². The molecule has 12 unspecified atom stereocenters. The number of aliphatic hydroxyl groups excluding tert-OH is 8. The van der Waals surface area contributed by atoms with Crippen LogP contribution < -0.4 is 5.32 Å². The maximum atomic E-state index is 13.4. The summed E-state index contributed by atoms with van der Waals surface area (Å²) in [6.45, 7) is 2.73. The number of allylic oxidation sites excluding steroid dienone is 11. The summed E-state index contributed by atoms with van der Waals surface area (Å²) in [6, 6.07) is -0.935. The molecule has 2 aliphatic heterocycles. The second kappa shape index (κ2) is 68.5. The molecule has 2 saturated heterocycles. The second-order valence-corrected chi connectivity index (χ2v) is 29.2. The number of rotatable bonds is 70. The van der Waals surface area contributed by atoms with Gasteiger partial charge in [-0.15, -0.1) is 0 Å². The molecular weight excluding hydrogens is 1240 g/mol. The Morgan fingerprint density at radius 2 is 0.707 bits per heavy atom. The minimum atomic E-state index is -1.79. The molecule has 12 atom stereocenters. The zero-order valence-corrected chi connectivity index (χ0v) is 63.5. The predicted molar refractivity (Wildman–Crippen MR) is 410 cm³/mol. The summed E-state index contributed by atoms with van der Waals surface area (Å²) in [5, 5.41) is 87.7. The van der Waals surface area contributed by atoms with Gasteiger partial charge in [0.25, 0.3) is 0 Å². The minimum absolute atomic E-state index is 0.244. The second-order valence-electron chi connectivity index (χ2n) is 29.2. The van der Waals surface area contributed by atoms with E-state index in [1.165, 1.54) is 276 Å². The van der Waals surface area contributed by atoms with Crippen LogP contribution in [0.25, 0.3) is 0 Å². The van der Waals surface area contributed by atoms with Crippen LogP contribution in [0.5, 0.6) is 0 Å². The van der Waals surface area contributed by atoms with Gasteiger partial charge in [0.1, 0.15) is 48.8 Å². The Bertz CT molecular complexity index is 1940. The van der Waals surface area contributed by atoms with Crippen molar-refractivity contribution in [2.45, 2.75) is 441 Å². The molecule has 0 spiro atoms. The number of hydrogen-bond acceptors (Lipinski definition) is 13. The van der Waals surface area contributed by atoms with E-state index >= 15 is 0 Å². The van der Waals surface area contributed by atoms with Crippen LogP contribution in [0.15, 0.2) is 72.9 Å². The van der Waals surface area contributed by atoms with Gasteiger partial charge in [-0.1, -0.05) is 363 Å². The third-order valence-electron chi connectivity index (χ3n) is 20.1. The lowest BCUT2D eigenvalue weighted by atomic mass is 9.97. The normalized spacial score (nSPS) is 22.3. The van der Waals surface area contributed by atoms with Crippen molar-refractivity contribution in [2.75, 3.05) is 19.8 Å². The van der Waals surface area contributed by atoms with E-state index in [1.807, 2.05) is 6.08 Å². The highest BCUT2D eigenvalue weighted by atomic mass is 16.7. The molecule has 0 bridgehead atoms. The van der Waals surface area contributed by atoms with Gasteiger partial charge in [0.2, 0.25) is 5.91 Å². The number of carbonyl (C=O) groups excluding carboxylic acids is 1. The number of amides is 1. The van der Waals surface area contributed by atoms with E-state index in [-0.39, 0.29) is 18.9 Å². The largest absolute Gasteiger partial charge is 0.394 e. The summed E-state index contributed by atoms with van der Waals surface area (Å²) in [4.78, 5) is 13.4.